The lowest BCUT2D eigenvalue weighted by molar-refractivity contribution is 0.402. The molecule has 2 heteroatoms. The lowest BCUT2D eigenvalue weighted by atomic mass is 10.00. The van der Waals surface area contributed by atoms with Crippen LogP contribution >= 0.6 is 0 Å². The van der Waals surface area contributed by atoms with Gasteiger partial charge in [-0.25, -0.2) is 0 Å². The molecule has 1 radical (unpaired) electrons. The number of hydrogen-bond acceptors (Lipinski definition) is 2. The van der Waals surface area contributed by atoms with Crippen LogP contribution in [0.25, 0.3) is 0 Å². The van der Waals surface area contributed by atoms with Crippen molar-refractivity contribution in [1.82, 2.24) is 0 Å². The molecule has 0 aliphatic carbocycles. The highest BCUT2D eigenvalue weighted by Crippen LogP contribution is 2.41. The zero-order chi connectivity index (χ0) is 11.0. The van der Waals surface area contributed by atoms with Crippen molar-refractivity contribution in [2.45, 2.75) is 0 Å². The van der Waals surface area contributed by atoms with Crippen LogP contribution in [0.15, 0.2) is 42.5 Å². The minimum atomic E-state index is 0.840. The summed E-state index contributed by atoms with van der Waals surface area (Å²) in [5.41, 5.74) is 2.09. The van der Waals surface area contributed by atoms with Gasteiger partial charge in [-0.1, -0.05) is 24.3 Å². The van der Waals surface area contributed by atoms with E-state index >= 15 is 0 Å². The Kier molecular flexibility index (Phi) is 2.07. The molecule has 16 heavy (non-hydrogen) atoms. The van der Waals surface area contributed by atoms with E-state index in [0.717, 1.165) is 28.4 Å². The molecule has 0 spiro atoms. The quantitative estimate of drug-likeness (QED) is 0.614. The van der Waals surface area contributed by atoms with Crippen molar-refractivity contribution in [3.05, 3.63) is 60.0 Å². The Bertz CT molecular complexity index is 532. The molecule has 2 nitrogen and oxygen atoms in total. The highest BCUT2D eigenvalue weighted by molar-refractivity contribution is 5.61. The van der Waals surface area contributed by atoms with Gasteiger partial charge >= 0.3 is 0 Å². The maximum absolute atomic E-state index is 5.81. The Morgan fingerprint density at radius 3 is 2.62 bits per heavy atom. The summed E-state index contributed by atoms with van der Waals surface area (Å²) in [6.45, 7) is 0. The third-order valence-electron chi connectivity index (χ3n) is 2.68. The van der Waals surface area contributed by atoms with Gasteiger partial charge in [0.25, 0.3) is 0 Å². The molecule has 2 aromatic rings. The molecular formula is C14H11O2. The van der Waals surface area contributed by atoms with Gasteiger partial charge in [-0.2, -0.15) is 0 Å². The second-order valence-corrected chi connectivity index (χ2v) is 3.66. The van der Waals surface area contributed by atoms with E-state index < -0.39 is 0 Å². The SMILES string of the molecule is COc1cccc2c1[CH]c1ccccc1O2. The molecule has 2 aromatic carbocycles. The smallest absolute Gasteiger partial charge is 0.135 e. The minimum absolute atomic E-state index is 0.840. The average molecular weight is 211 g/mol. The monoisotopic (exact) mass is 211 g/mol. The van der Waals surface area contributed by atoms with Gasteiger partial charge < -0.3 is 9.47 Å². The molecule has 1 heterocycles. The zero-order valence-electron chi connectivity index (χ0n) is 8.94. The van der Waals surface area contributed by atoms with Crippen LogP contribution in [-0.4, -0.2) is 7.11 Å². The van der Waals surface area contributed by atoms with Gasteiger partial charge in [0, 0.05) is 17.5 Å². The number of methoxy groups -OCH3 is 1. The van der Waals surface area contributed by atoms with E-state index in [0.29, 0.717) is 0 Å². The number of hydrogen-bond donors (Lipinski definition) is 0. The molecule has 1 aliphatic heterocycles. The molecule has 79 valence electrons. The van der Waals surface area contributed by atoms with Crippen molar-refractivity contribution in [3.8, 4) is 17.2 Å². The number of para-hydroxylation sites is 1. The van der Waals surface area contributed by atoms with Gasteiger partial charge in [0.1, 0.15) is 17.2 Å². The van der Waals surface area contributed by atoms with E-state index in [1.54, 1.807) is 7.11 Å². The summed E-state index contributed by atoms with van der Waals surface area (Å²) in [6.07, 6.45) is 2.09. The van der Waals surface area contributed by atoms with E-state index in [1.165, 1.54) is 0 Å². The predicted octanol–water partition coefficient (Wildman–Crippen LogP) is 3.40. The molecular weight excluding hydrogens is 200 g/mol. The lowest BCUT2D eigenvalue weighted by Gasteiger charge is -2.21. The summed E-state index contributed by atoms with van der Waals surface area (Å²) < 4.78 is 11.1. The molecule has 0 aromatic heterocycles. The summed E-state index contributed by atoms with van der Waals surface area (Å²) >= 11 is 0. The number of rotatable bonds is 1. The Labute approximate surface area is 94.4 Å². The van der Waals surface area contributed by atoms with Crippen molar-refractivity contribution in [2.24, 2.45) is 0 Å². The Hall–Kier alpha value is -1.96. The molecule has 0 bridgehead atoms. The van der Waals surface area contributed by atoms with Crippen LogP contribution in [0, 0.1) is 6.42 Å². The minimum Gasteiger partial charge on any atom is -0.496 e. The Morgan fingerprint density at radius 2 is 1.75 bits per heavy atom. The van der Waals surface area contributed by atoms with E-state index in [-0.39, 0.29) is 0 Å². The molecule has 0 fully saturated rings. The summed E-state index contributed by atoms with van der Waals surface area (Å²) in [5, 5.41) is 0. The third-order valence-corrected chi connectivity index (χ3v) is 2.68. The summed E-state index contributed by atoms with van der Waals surface area (Å²) in [5.74, 6) is 2.58. The Morgan fingerprint density at radius 1 is 0.938 bits per heavy atom. The fraction of sp³-hybridized carbons (Fsp3) is 0.0714. The molecule has 0 saturated carbocycles. The largest absolute Gasteiger partial charge is 0.496 e. The van der Waals surface area contributed by atoms with Crippen LogP contribution in [0.1, 0.15) is 11.1 Å². The van der Waals surface area contributed by atoms with E-state index in [2.05, 4.69) is 6.42 Å². The van der Waals surface area contributed by atoms with Crippen molar-refractivity contribution >= 4 is 0 Å². The Balaban J connectivity index is 2.12. The highest BCUT2D eigenvalue weighted by Gasteiger charge is 2.19. The normalized spacial score (nSPS) is 12.3. The maximum atomic E-state index is 5.81. The molecule has 0 amide bonds. The van der Waals surface area contributed by atoms with E-state index in [1.807, 2.05) is 42.5 Å². The fourth-order valence-electron chi connectivity index (χ4n) is 1.90. The van der Waals surface area contributed by atoms with Gasteiger partial charge in [0.05, 0.1) is 7.11 Å². The molecule has 3 rings (SSSR count). The first kappa shape index (κ1) is 9.28. The second-order valence-electron chi connectivity index (χ2n) is 3.66. The van der Waals surface area contributed by atoms with Crippen LogP contribution in [0.4, 0.5) is 0 Å². The first-order valence-corrected chi connectivity index (χ1v) is 5.17. The summed E-state index contributed by atoms with van der Waals surface area (Å²) in [6, 6.07) is 13.8. The average Bonchev–Trinajstić information content (AvgIpc) is 2.35. The summed E-state index contributed by atoms with van der Waals surface area (Å²) in [7, 11) is 1.67. The van der Waals surface area contributed by atoms with Crippen molar-refractivity contribution < 1.29 is 9.47 Å². The molecule has 1 aliphatic rings. The zero-order valence-corrected chi connectivity index (χ0v) is 8.94. The van der Waals surface area contributed by atoms with Crippen molar-refractivity contribution in [3.63, 3.8) is 0 Å². The van der Waals surface area contributed by atoms with Crippen molar-refractivity contribution in [2.75, 3.05) is 7.11 Å². The highest BCUT2D eigenvalue weighted by atomic mass is 16.5. The second kappa shape index (κ2) is 3.56. The summed E-state index contributed by atoms with van der Waals surface area (Å²) in [4.78, 5) is 0. The standard InChI is InChI=1S/C14H11O2/c1-15-13-7-4-8-14-11(13)9-10-5-2-3-6-12(10)16-14/h2-9H,1H3. The number of fused-ring (bicyclic) bond motifs is 2. The van der Waals surface area contributed by atoms with E-state index in [4.69, 9.17) is 9.47 Å². The van der Waals surface area contributed by atoms with Crippen LogP contribution in [0.2, 0.25) is 0 Å². The molecule has 0 unspecified atom stereocenters. The third kappa shape index (κ3) is 1.34. The fourth-order valence-corrected chi connectivity index (χ4v) is 1.90. The molecule has 0 atom stereocenters. The first-order chi connectivity index (χ1) is 7.88. The topological polar surface area (TPSA) is 18.5 Å². The van der Waals surface area contributed by atoms with Crippen LogP contribution in [-0.2, 0) is 0 Å². The van der Waals surface area contributed by atoms with Gasteiger partial charge in [-0.15, -0.1) is 0 Å². The number of ether oxygens (including phenoxy) is 2. The van der Waals surface area contributed by atoms with Crippen LogP contribution in [0.3, 0.4) is 0 Å². The maximum Gasteiger partial charge on any atom is 0.135 e. The van der Waals surface area contributed by atoms with Gasteiger partial charge in [-0.3, -0.25) is 0 Å². The van der Waals surface area contributed by atoms with Gasteiger partial charge in [0.15, 0.2) is 0 Å². The van der Waals surface area contributed by atoms with Gasteiger partial charge in [-0.05, 0) is 18.2 Å². The van der Waals surface area contributed by atoms with Crippen LogP contribution in [0.5, 0.6) is 17.2 Å². The van der Waals surface area contributed by atoms with Crippen molar-refractivity contribution in [1.29, 1.82) is 0 Å². The lowest BCUT2D eigenvalue weighted by Crippen LogP contribution is -2.02. The van der Waals surface area contributed by atoms with Gasteiger partial charge in [0.2, 0.25) is 0 Å². The predicted molar refractivity (Wildman–Crippen MR) is 62.0 cm³/mol. The first-order valence-electron chi connectivity index (χ1n) is 5.17. The van der Waals surface area contributed by atoms with Crippen LogP contribution < -0.4 is 9.47 Å². The molecule has 0 saturated heterocycles. The number of benzene rings is 2. The van der Waals surface area contributed by atoms with E-state index in [9.17, 15) is 0 Å². The molecule has 0 N–H and O–H groups in total.